The molecule has 1 aromatic carbocycles. The highest BCUT2D eigenvalue weighted by Gasteiger charge is 2.22. The van der Waals surface area contributed by atoms with Crippen molar-refractivity contribution in [1.29, 1.82) is 0 Å². The Labute approximate surface area is 214 Å². The zero-order valence-corrected chi connectivity index (χ0v) is 21.9. The Kier molecular flexibility index (Phi) is 7.54. The largest absolute Gasteiger partial charge is 0.465 e. The summed E-state index contributed by atoms with van der Waals surface area (Å²) in [6.07, 6.45) is 1.63. The maximum atomic E-state index is 13.4. The summed E-state index contributed by atoms with van der Waals surface area (Å²) < 4.78 is 6.40. The first-order chi connectivity index (χ1) is 16.8. The number of hydrogen-bond acceptors (Lipinski definition) is 8. The van der Waals surface area contributed by atoms with Crippen molar-refractivity contribution in [3.63, 3.8) is 0 Å². The van der Waals surface area contributed by atoms with Crippen LogP contribution in [0.15, 0.2) is 58.3 Å². The molecule has 3 aromatic heterocycles. The van der Waals surface area contributed by atoms with Crippen LogP contribution in [0.3, 0.4) is 0 Å². The number of amides is 1. The van der Waals surface area contributed by atoms with Gasteiger partial charge in [-0.25, -0.2) is 9.78 Å². The monoisotopic (exact) mass is 525 g/mol. The van der Waals surface area contributed by atoms with E-state index in [2.05, 4.69) is 11.9 Å². The van der Waals surface area contributed by atoms with Gasteiger partial charge >= 0.3 is 5.97 Å². The Hall–Kier alpha value is -3.21. The van der Waals surface area contributed by atoms with Gasteiger partial charge < -0.3 is 10.1 Å². The average Bonchev–Trinajstić information content (AvgIpc) is 3.40. The number of aromatic nitrogens is 2. The second kappa shape index (κ2) is 10.6. The first-order valence-electron chi connectivity index (χ1n) is 10.6. The highest BCUT2D eigenvalue weighted by atomic mass is 32.2. The summed E-state index contributed by atoms with van der Waals surface area (Å²) in [4.78, 5) is 44.6. The number of anilines is 1. The Morgan fingerprint density at radius 2 is 2.00 bits per heavy atom. The molecule has 0 radical (unpaired) electrons. The van der Waals surface area contributed by atoms with E-state index in [1.165, 1.54) is 46.1 Å². The number of benzene rings is 1. The van der Waals surface area contributed by atoms with Crippen LogP contribution in [0.5, 0.6) is 0 Å². The number of methoxy groups -OCH3 is 1. The van der Waals surface area contributed by atoms with Gasteiger partial charge in [-0.2, -0.15) is 0 Å². The standard InChI is InChI=1S/C25H23N3O4S3/c1-5-11-28-23(30)20-17(16-9-7-6-8-10-16)12-33-21(20)27-25(28)34-13-18(29)26-22-19(24(31)32-4)14(2)15(3)35-22/h5-10,12H,1,11,13H2,2-4H3,(H,26,29). The van der Waals surface area contributed by atoms with Gasteiger partial charge in [0.15, 0.2) is 5.16 Å². The third kappa shape index (κ3) is 4.95. The SMILES string of the molecule is C=CCn1c(SCC(=O)Nc2sc(C)c(C)c2C(=O)OC)nc2scc(-c3ccccc3)c2c1=O. The molecule has 7 nitrogen and oxygen atoms in total. The quantitative estimate of drug-likeness (QED) is 0.141. The predicted octanol–water partition coefficient (Wildman–Crippen LogP) is 5.51. The number of thioether (sulfide) groups is 1. The van der Waals surface area contributed by atoms with Crippen molar-refractivity contribution < 1.29 is 14.3 Å². The van der Waals surface area contributed by atoms with Crippen molar-refractivity contribution in [1.82, 2.24) is 9.55 Å². The molecule has 4 aromatic rings. The predicted molar refractivity (Wildman–Crippen MR) is 144 cm³/mol. The smallest absolute Gasteiger partial charge is 0.341 e. The van der Waals surface area contributed by atoms with E-state index in [-0.39, 0.29) is 23.8 Å². The van der Waals surface area contributed by atoms with Crippen molar-refractivity contribution in [3.8, 4) is 11.1 Å². The minimum atomic E-state index is -0.492. The van der Waals surface area contributed by atoms with Gasteiger partial charge in [-0.3, -0.25) is 14.2 Å². The van der Waals surface area contributed by atoms with Gasteiger partial charge in [0.2, 0.25) is 5.91 Å². The number of hydrogen-bond donors (Lipinski definition) is 1. The van der Waals surface area contributed by atoms with Crippen LogP contribution < -0.4 is 10.9 Å². The van der Waals surface area contributed by atoms with Crippen LogP contribution in [-0.4, -0.2) is 34.3 Å². The van der Waals surface area contributed by atoms with Crippen LogP contribution in [0.1, 0.15) is 20.8 Å². The maximum Gasteiger partial charge on any atom is 0.341 e. The van der Waals surface area contributed by atoms with E-state index < -0.39 is 5.97 Å². The highest BCUT2D eigenvalue weighted by Crippen LogP contribution is 2.34. The van der Waals surface area contributed by atoms with E-state index in [0.29, 0.717) is 25.9 Å². The normalized spacial score (nSPS) is 10.9. The summed E-state index contributed by atoms with van der Waals surface area (Å²) in [5, 5.41) is 6.19. The number of nitrogens with zero attached hydrogens (tertiary/aromatic N) is 2. The third-order valence-corrected chi connectivity index (χ3v) is 8.39. The van der Waals surface area contributed by atoms with Crippen molar-refractivity contribution >= 4 is 61.5 Å². The van der Waals surface area contributed by atoms with Gasteiger partial charge in [-0.05, 0) is 25.0 Å². The molecule has 180 valence electrons. The molecule has 0 aliphatic heterocycles. The van der Waals surface area contributed by atoms with Crippen LogP contribution in [0.4, 0.5) is 5.00 Å². The topological polar surface area (TPSA) is 90.3 Å². The Morgan fingerprint density at radius 3 is 2.69 bits per heavy atom. The molecule has 0 aliphatic carbocycles. The molecule has 0 atom stereocenters. The van der Waals surface area contributed by atoms with Gasteiger partial charge in [-0.1, -0.05) is 48.2 Å². The number of thiophene rings is 2. The first kappa shape index (κ1) is 24.9. The lowest BCUT2D eigenvalue weighted by Crippen LogP contribution is -2.23. The van der Waals surface area contributed by atoms with Crippen molar-refractivity contribution in [3.05, 3.63) is 74.7 Å². The summed E-state index contributed by atoms with van der Waals surface area (Å²) in [6.45, 7) is 7.74. The molecule has 35 heavy (non-hydrogen) atoms. The molecule has 10 heteroatoms. The molecule has 4 rings (SSSR count). The van der Waals surface area contributed by atoms with E-state index in [0.717, 1.165) is 21.6 Å². The lowest BCUT2D eigenvalue weighted by atomic mass is 10.1. The fraction of sp³-hybridized carbons (Fsp3) is 0.200. The minimum absolute atomic E-state index is 0.0165. The fourth-order valence-electron chi connectivity index (χ4n) is 3.59. The van der Waals surface area contributed by atoms with Crippen LogP contribution in [0, 0.1) is 13.8 Å². The van der Waals surface area contributed by atoms with E-state index in [9.17, 15) is 14.4 Å². The Bertz CT molecular complexity index is 1490. The number of nitrogens with one attached hydrogen (secondary N) is 1. The van der Waals surface area contributed by atoms with Gasteiger partial charge in [0.05, 0.1) is 23.8 Å². The number of carbonyl (C=O) groups is 2. The molecule has 0 bridgehead atoms. The molecule has 0 spiro atoms. The molecule has 0 saturated heterocycles. The van der Waals surface area contributed by atoms with E-state index in [4.69, 9.17) is 9.72 Å². The number of carbonyl (C=O) groups excluding carboxylic acids is 2. The van der Waals surface area contributed by atoms with Crippen LogP contribution in [0.2, 0.25) is 0 Å². The van der Waals surface area contributed by atoms with E-state index >= 15 is 0 Å². The molecule has 1 N–H and O–H groups in total. The van der Waals surface area contributed by atoms with Gasteiger partial charge in [0.25, 0.3) is 5.56 Å². The molecule has 0 aliphatic rings. The molecule has 0 unspecified atom stereocenters. The molecule has 1 amide bonds. The third-order valence-electron chi connectivity index (χ3n) is 5.42. The maximum absolute atomic E-state index is 13.4. The minimum Gasteiger partial charge on any atom is -0.465 e. The number of rotatable bonds is 8. The first-order valence-corrected chi connectivity index (χ1v) is 13.3. The second-order valence-corrected chi connectivity index (χ2v) is 10.6. The lowest BCUT2D eigenvalue weighted by Gasteiger charge is -2.11. The highest BCUT2D eigenvalue weighted by molar-refractivity contribution is 7.99. The van der Waals surface area contributed by atoms with Crippen LogP contribution in [0.25, 0.3) is 21.3 Å². The summed E-state index contributed by atoms with van der Waals surface area (Å²) in [5.41, 5.74) is 2.77. The average molecular weight is 526 g/mol. The van der Waals surface area contributed by atoms with Crippen LogP contribution in [-0.2, 0) is 16.1 Å². The summed E-state index contributed by atoms with van der Waals surface area (Å²) in [5.74, 6) is -0.784. The zero-order chi connectivity index (χ0) is 25.1. The number of aryl methyl sites for hydroxylation is 1. The van der Waals surface area contributed by atoms with Crippen molar-refractivity contribution in [2.24, 2.45) is 0 Å². The van der Waals surface area contributed by atoms with Gasteiger partial charge in [0, 0.05) is 22.4 Å². The van der Waals surface area contributed by atoms with E-state index in [1.54, 1.807) is 6.08 Å². The van der Waals surface area contributed by atoms with Gasteiger partial charge in [-0.15, -0.1) is 29.3 Å². The summed E-state index contributed by atoms with van der Waals surface area (Å²) in [6, 6.07) is 9.71. The molecule has 0 saturated carbocycles. The molecular formula is C25H23N3O4S3. The Balaban J connectivity index is 1.61. The lowest BCUT2D eigenvalue weighted by molar-refractivity contribution is -0.113. The molecular weight excluding hydrogens is 502 g/mol. The summed E-state index contributed by atoms with van der Waals surface area (Å²) in [7, 11) is 1.31. The number of ether oxygens (including phenoxy) is 1. The zero-order valence-electron chi connectivity index (χ0n) is 19.4. The van der Waals surface area contributed by atoms with Crippen LogP contribution >= 0.6 is 34.4 Å². The van der Waals surface area contributed by atoms with E-state index in [1.807, 2.05) is 49.6 Å². The van der Waals surface area contributed by atoms with Crippen molar-refractivity contribution in [2.45, 2.75) is 25.5 Å². The summed E-state index contributed by atoms with van der Waals surface area (Å²) >= 11 is 3.89. The number of esters is 1. The van der Waals surface area contributed by atoms with Crippen molar-refractivity contribution in [2.75, 3.05) is 18.2 Å². The second-order valence-electron chi connectivity index (χ2n) is 7.61. The Morgan fingerprint density at radius 1 is 1.26 bits per heavy atom. The fourth-order valence-corrected chi connectivity index (χ4v) is 6.45. The number of allylic oxidation sites excluding steroid dienone is 1. The van der Waals surface area contributed by atoms with Gasteiger partial charge in [0.1, 0.15) is 9.83 Å². The molecule has 0 fully saturated rings. The molecule has 3 heterocycles. The number of fused-ring (bicyclic) bond motifs is 1.